The monoisotopic (exact) mass is 695 g/mol. The molecule has 4 aromatic rings. The van der Waals surface area contributed by atoms with E-state index in [4.69, 9.17) is 27.9 Å². The fraction of sp³-hybridized carbons (Fsp3) is 0.278. The number of carbonyl (C=O) groups is 2. The van der Waals surface area contributed by atoms with Crippen LogP contribution >= 0.6 is 23.2 Å². The van der Waals surface area contributed by atoms with Crippen LogP contribution in [0.3, 0.4) is 0 Å². The van der Waals surface area contributed by atoms with Crippen molar-refractivity contribution in [1.29, 1.82) is 0 Å². The Balaban J connectivity index is 1.80. The van der Waals surface area contributed by atoms with Crippen LogP contribution in [-0.2, 0) is 32.6 Å². The van der Waals surface area contributed by atoms with E-state index in [1.54, 1.807) is 54.6 Å². The molecule has 0 aliphatic carbocycles. The minimum Gasteiger partial charge on any atom is -0.497 e. The zero-order chi connectivity index (χ0) is 34.0. The molecule has 4 aromatic carbocycles. The summed E-state index contributed by atoms with van der Waals surface area (Å²) in [5, 5.41) is 3.72. The van der Waals surface area contributed by atoms with Crippen LogP contribution < -0.4 is 14.4 Å². The van der Waals surface area contributed by atoms with Crippen molar-refractivity contribution in [3.63, 3.8) is 0 Å². The van der Waals surface area contributed by atoms with Crippen molar-refractivity contribution in [2.75, 3.05) is 24.5 Å². The topological polar surface area (TPSA) is 96.0 Å². The second-order valence-electron chi connectivity index (χ2n) is 11.1. The molecule has 2 amide bonds. The van der Waals surface area contributed by atoms with E-state index < -0.39 is 28.5 Å². The van der Waals surface area contributed by atoms with E-state index in [0.29, 0.717) is 33.6 Å². The molecule has 0 fully saturated rings. The maximum Gasteiger partial charge on any atom is 0.264 e. The van der Waals surface area contributed by atoms with Gasteiger partial charge in [0, 0.05) is 29.6 Å². The summed E-state index contributed by atoms with van der Waals surface area (Å²) in [6, 6.07) is 26.2. The molecule has 248 valence electrons. The van der Waals surface area contributed by atoms with Crippen LogP contribution in [0.1, 0.15) is 36.5 Å². The van der Waals surface area contributed by atoms with Gasteiger partial charge in [0.1, 0.15) is 18.3 Å². The molecule has 0 heterocycles. The van der Waals surface area contributed by atoms with E-state index in [1.807, 2.05) is 44.2 Å². The number of carbonyl (C=O) groups excluding carboxylic acids is 2. The fourth-order valence-electron chi connectivity index (χ4n) is 5.01. The molecule has 0 bridgehead atoms. The lowest BCUT2D eigenvalue weighted by molar-refractivity contribution is -0.140. The summed E-state index contributed by atoms with van der Waals surface area (Å²) < 4.78 is 34.7. The summed E-state index contributed by atoms with van der Waals surface area (Å²) >= 11 is 12.8. The zero-order valence-corrected chi connectivity index (χ0v) is 29.0. The van der Waals surface area contributed by atoms with Crippen LogP contribution in [0.2, 0.25) is 10.0 Å². The van der Waals surface area contributed by atoms with Gasteiger partial charge < -0.3 is 15.0 Å². The van der Waals surface area contributed by atoms with Crippen molar-refractivity contribution in [3.8, 4) is 5.75 Å². The summed E-state index contributed by atoms with van der Waals surface area (Å²) in [5.74, 6) is -0.438. The second-order valence-corrected chi connectivity index (χ2v) is 13.8. The molecule has 4 rings (SSSR count). The van der Waals surface area contributed by atoms with Gasteiger partial charge in [-0.15, -0.1) is 0 Å². The molecule has 0 saturated heterocycles. The van der Waals surface area contributed by atoms with Crippen LogP contribution in [0.5, 0.6) is 5.75 Å². The Bertz CT molecular complexity index is 1750. The quantitative estimate of drug-likeness (QED) is 0.134. The maximum atomic E-state index is 14.6. The third-order valence-corrected chi connectivity index (χ3v) is 10.1. The van der Waals surface area contributed by atoms with Crippen molar-refractivity contribution < 1.29 is 22.7 Å². The van der Waals surface area contributed by atoms with Crippen molar-refractivity contribution in [1.82, 2.24) is 10.2 Å². The van der Waals surface area contributed by atoms with Gasteiger partial charge in [-0.1, -0.05) is 90.6 Å². The lowest BCUT2D eigenvalue weighted by atomic mass is 10.0. The van der Waals surface area contributed by atoms with Gasteiger partial charge in [-0.25, -0.2) is 8.42 Å². The first-order valence-electron chi connectivity index (χ1n) is 15.3. The Morgan fingerprint density at radius 3 is 2.21 bits per heavy atom. The average molecular weight is 697 g/mol. The van der Waals surface area contributed by atoms with Crippen molar-refractivity contribution in [2.24, 2.45) is 0 Å². The Kier molecular flexibility index (Phi) is 12.7. The number of aryl methyl sites for hydroxylation is 1. The first kappa shape index (κ1) is 35.8. The Morgan fingerprint density at radius 1 is 0.915 bits per heavy atom. The summed E-state index contributed by atoms with van der Waals surface area (Å²) in [6.07, 6.45) is 1.84. The number of rotatable bonds is 15. The summed E-state index contributed by atoms with van der Waals surface area (Å²) in [4.78, 5) is 29.8. The molecule has 0 radical (unpaired) electrons. The second kappa shape index (κ2) is 16.7. The highest BCUT2D eigenvalue weighted by atomic mass is 35.5. The van der Waals surface area contributed by atoms with Gasteiger partial charge in [0.05, 0.1) is 17.7 Å². The van der Waals surface area contributed by atoms with Gasteiger partial charge in [-0.3, -0.25) is 13.9 Å². The highest BCUT2D eigenvalue weighted by molar-refractivity contribution is 7.92. The number of nitrogens with one attached hydrogen (secondary N) is 1. The number of benzene rings is 4. The zero-order valence-electron chi connectivity index (χ0n) is 26.7. The molecular weight excluding hydrogens is 657 g/mol. The number of hydrogen-bond donors (Lipinski definition) is 1. The largest absolute Gasteiger partial charge is 0.497 e. The van der Waals surface area contributed by atoms with Crippen LogP contribution in [0, 0.1) is 6.92 Å². The molecule has 8 nitrogen and oxygen atoms in total. The van der Waals surface area contributed by atoms with E-state index in [1.165, 1.54) is 24.1 Å². The lowest BCUT2D eigenvalue weighted by Gasteiger charge is -2.34. The number of amides is 2. The fourth-order valence-corrected chi connectivity index (χ4v) is 6.89. The summed E-state index contributed by atoms with van der Waals surface area (Å²) in [5.41, 5.74) is 2.62. The summed E-state index contributed by atoms with van der Waals surface area (Å²) in [7, 11) is -2.75. The molecule has 47 heavy (non-hydrogen) atoms. The van der Waals surface area contributed by atoms with Gasteiger partial charge in [0.15, 0.2) is 0 Å². The minimum absolute atomic E-state index is 0.0166. The van der Waals surface area contributed by atoms with E-state index in [9.17, 15) is 18.0 Å². The number of hydrogen-bond acceptors (Lipinski definition) is 5. The molecule has 0 aromatic heterocycles. The molecule has 1 atom stereocenters. The third-order valence-electron chi connectivity index (χ3n) is 7.70. The normalized spacial score (nSPS) is 11.9. The number of halogens is 2. The summed E-state index contributed by atoms with van der Waals surface area (Å²) in [6.45, 7) is 3.72. The molecule has 0 spiro atoms. The van der Waals surface area contributed by atoms with E-state index >= 15 is 0 Å². The number of nitrogens with zero attached hydrogens (tertiary/aromatic N) is 2. The van der Waals surface area contributed by atoms with Gasteiger partial charge in [0.25, 0.3) is 10.0 Å². The molecule has 0 saturated carbocycles. The van der Waals surface area contributed by atoms with Crippen molar-refractivity contribution in [3.05, 3.63) is 124 Å². The van der Waals surface area contributed by atoms with Crippen LogP contribution in [0.4, 0.5) is 5.69 Å². The highest BCUT2D eigenvalue weighted by Gasteiger charge is 2.35. The molecule has 11 heteroatoms. The Morgan fingerprint density at radius 2 is 1.60 bits per heavy atom. The SMILES string of the molecule is CCCCNC(=O)C(Cc1ccccc1)N(Cc1ccc(Cl)cc1Cl)C(=O)CN(c1ccc(C)cc1)S(=O)(=O)c1ccc(OC)cc1. The standard InChI is InChI=1S/C36H39Cl2N3O5S/c1-4-5-21-39-36(43)34(22-27-9-7-6-8-10-27)40(24-28-13-14-29(37)23-33(28)38)35(42)25-41(30-15-11-26(2)12-16-30)47(44,45)32-19-17-31(46-3)18-20-32/h6-20,23,34H,4-5,21-22,24-25H2,1-3H3,(H,39,43). The molecule has 0 aliphatic rings. The average Bonchev–Trinajstić information content (AvgIpc) is 3.07. The minimum atomic E-state index is -4.24. The van der Waals surface area contributed by atoms with Crippen molar-refractivity contribution >= 4 is 50.7 Å². The predicted octanol–water partition coefficient (Wildman–Crippen LogP) is 7.06. The molecule has 1 N–H and O–H groups in total. The van der Waals surface area contributed by atoms with Crippen molar-refractivity contribution in [2.45, 2.75) is 50.6 Å². The predicted molar refractivity (Wildman–Crippen MR) is 188 cm³/mol. The van der Waals surface area contributed by atoms with Gasteiger partial charge in [0.2, 0.25) is 11.8 Å². The molecular formula is C36H39Cl2N3O5S. The van der Waals surface area contributed by atoms with Crippen LogP contribution in [0.25, 0.3) is 0 Å². The Hall–Kier alpha value is -4.05. The van der Waals surface area contributed by atoms with Crippen LogP contribution in [0.15, 0.2) is 102 Å². The maximum absolute atomic E-state index is 14.6. The van der Waals surface area contributed by atoms with Crippen LogP contribution in [-0.4, -0.2) is 51.4 Å². The van der Waals surface area contributed by atoms with Gasteiger partial charge >= 0.3 is 0 Å². The number of methoxy groups -OCH3 is 1. The van der Waals surface area contributed by atoms with Gasteiger partial charge in [-0.05, 0) is 73.0 Å². The highest BCUT2D eigenvalue weighted by Crippen LogP contribution is 2.28. The smallest absolute Gasteiger partial charge is 0.264 e. The van der Waals surface area contributed by atoms with E-state index in [0.717, 1.165) is 28.3 Å². The number of sulfonamides is 1. The first-order chi connectivity index (χ1) is 22.5. The Labute approximate surface area is 287 Å². The van der Waals surface area contributed by atoms with E-state index in [-0.39, 0.29) is 23.8 Å². The third kappa shape index (κ3) is 9.50. The van der Waals surface area contributed by atoms with Gasteiger partial charge in [-0.2, -0.15) is 0 Å². The van der Waals surface area contributed by atoms with E-state index in [2.05, 4.69) is 5.32 Å². The molecule has 1 unspecified atom stereocenters. The molecule has 0 aliphatic heterocycles. The number of ether oxygens (including phenoxy) is 1. The first-order valence-corrected chi connectivity index (χ1v) is 17.5. The lowest BCUT2D eigenvalue weighted by Crippen LogP contribution is -2.53. The number of unbranched alkanes of at least 4 members (excludes halogenated alkanes) is 1. The number of anilines is 1.